The van der Waals surface area contributed by atoms with Crippen LogP contribution >= 0.6 is 0 Å². The second kappa shape index (κ2) is 5.88. The summed E-state index contributed by atoms with van der Waals surface area (Å²) in [5, 5.41) is 8.78. The fraction of sp³-hybridized carbons (Fsp3) is 0.0667. The molecule has 2 aromatic rings. The van der Waals surface area contributed by atoms with Crippen LogP contribution in [-0.4, -0.2) is 17.0 Å². The van der Waals surface area contributed by atoms with E-state index in [1.54, 1.807) is 42.5 Å². The molecule has 0 saturated heterocycles. The molecular weight excluding hydrogens is 258 g/mol. The maximum absolute atomic E-state index is 11.9. The Labute approximate surface area is 115 Å². The van der Waals surface area contributed by atoms with Crippen LogP contribution in [0.25, 0.3) is 0 Å². The average Bonchev–Trinajstić information content (AvgIpc) is 2.43. The molecule has 2 rings (SSSR count). The molecule has 0 atom stereocenters. The van der Waals surface area contributed by atoms with Gasteiger partial charge in [0.15, 0.2) is 5.75 Å². The zero-order valence-corrected chi connectivity index (χ0v) is 10.6. The maximum atomic E-state index is 11.9. The number of carboxylic acid groups (broad SMARTS) is 1. The number of esters is 1. The van der Waals surface area contributed by atoms with E-state index in [9.17, 15) is 9.59 Å². The first kappa shape index (κ1) is 13.6. The van der Waals surface area contributed by atoms with Crippen LogP contribution in [0.2, 0.25) is 0 Å². The molecule has 2 aromatic carbocycles. The van der Waals surface area contributed by atoms with Crippen LogP contribution in [0.3, 0.4) is 0 Å². The number of rotatable bonds is 4. The van der Waals surface area contributed by atoms with E-state index in [-0.39, 0.29) is 17.9 Å². The number of aliphatic carboxylic acids is 1. The molecule has 0 amide bonds. The standard InChI is InChI=1S/C15H13NO4/c16-14-11(9-13(17)18)7-4-8-12(14)20-15(19)10-5-2-1-3-6-10/h1-8H,9,16H2,(H,17,18). The van der Waals surface area contributed by atoms with Crippen molar-refractivity contribution in [3.63, 3.8) is 0 Å². The Morgan fingerprint density at radius 2 is 1.75 bits per heavy atom. The van der Waals surface area contributed by atoms with Crippen LogP contribution in [0.15, 0.2) is 48.5 Å². The molecule has 3 N–H and O–H groups in total. The van der Waals surface area contributed by atoms with Gasteiger partial charge in [0.25, 0.3) is 0 Å². The van der Waals surface area contributed by atoms with Crippen molar-refractivity contribution in [2.24, 2.45) is 0 Å². The number of carbonyl (C=O) groups excluding carboxylic acids is 1. The SMILES string of the molecule is Nc1c(CC(=O)O)cccc1OC(=O)c1ccccc1. The first-order valence-corrected chi connectivity index (χ1v) is 5.94. The van der Waals surface area contributed by atoms with Gasteiger partial charge in [0, 0.05) is 0 Å². The van der Waals surface area contributed by atoms with Crippen molar-refractivity contribution in [2.75, 3.05) is 5.73 Å². The summed E-state index contributed by atoms with van der Waals surface area (Å²) in [4.78, 5) is 22.6. The first-order valence-electron chi connectivity index (χ1n) is 5.94. The summed E-state index contributed by atoms with van der Waals surface area (Å²) < 4.78 is 5.20. The molecule has 0 aliphatic rings. The van der Waals surface area contributed by atoms with Gasteiger partial charge < -0.3 is 15.6 Å². The van der Waals surface area contributed by atoms with Crippen molar-refractivity contribution in [2.45, 2.75) is 6.42 Å². The summed E-state index contributed by atoms with van der Waals surface area (Å²) in [5.74, 6) is -1.37. The van der Waals surface area contributed by atoms with Gasteiger partial charge in [-0.05, 0) is 23.8 Å². The Hall–Kier alpha value is -2.82. The second-order valence-corrected chi connectivity index (χ2v) is 4.16. The lowest BCUT2D eigenvalue weighted by Gasteiger charge is -2.10. The Bertz CT molecular complexity index is 638. The number of nitrogen functional groups attached to an aromatic ring is 1. The van der Waals surface area contributed by atoms with Gasteiger partial charge in [0.2, 0.25) is 0 Å². The quantitative estimate of drug-likeness (QED) is 0.505. The molecule has 0 aliphatic heterocycles. The van der Waals surface area contributed by atoms with E-state index in [2.05, 4.69) is 0 Å². The van der Waals surface area contributed by atoms with Crippen molar-refractivity contribution in [1.29, 1.82) is 0 Å². The third-order valence-corrected chi connectivity index (χ3v) is 2.71. The number of hydrogen-bond donors (Lipinski definition) is 2. The van der Waals surface area contributed by atoms with E-state index in [0.29, 0.717) is 11.1 Å². The number of anilines is 1. The summed E-state index contributed by atoms with van der Waals surface area (Å²) in [6.07, 6.45) is -0.220. The van der Waals surface area contributed by atoms with Crippen LogP contribution < -0.4 is 10.5 Å². The van der Waals surface area contributed by atoms with E-state index >= 15 is 0 Å². The lowest BCUT2D eigenvalue weighted by Crippen LogP contribution is -2.11. The molecular formula is C15H13NO4. The molecule has 0 bridgehead atoms. The monoisotopic (exact) mass is 271 g/mol. The Morgan fingerprint density at radius 3 is 2.40 bits per heavy atom. The summed E-state index contributed by atoms with van der Waals surface area (Å²) in [6.45, 7) is 0. The van der Waals surface area contributed by atoms with Crippen LogP contribution in [0, 0.1) is 0 Å². The van der Waals surface area contributed by atoms with Crippen molar-refractivity contribution in [3.8, 4) is 5.75 Å². The van der Waals surface area contributed by atoms with Crippen molar-refractivity contribution in [1.82, 2.24) is 0 Å². The average molecular weight is 271 g/mol. The van der Waals surface area contributed by atoms with Gasteiger partial charge in [0.1, 0.15) is 0 Å². The molecule has 0 aromatic heterocycles. The van der Waals surface area contributed by atoms with E-state index in [1.807, 2.05) is 0 Å². The number of nitrogens with two attached hydrogens (primary N) is 1. The highest BCUT2D eigenvalue weighted by molar-refractivity contribution is 5.91. The first-order chi connectivity index (χ1) is 9.58. The lowest BCUT2D eigenvalue weighted by molar-refractivity contribution is -0.136. The van der Waals surface area contributed by atoms with Gasteiger partial charge in [-0.2, -0.15) is 0 Å². The molecule has 102 valence electrons. The smallest absolute Gasteiger partial charge is 0.343 e. The number of hydrogen-bond acceptors (Lipinski definition) is 4. The minimum atomic E-state index is -0.997. The fourth-order valence-corrected chi connectivity index (χ4v) is 1.73. The molecule has 0 heterocycles. The zero-order valence-electron chi connectivity index (χ0n) is 10.6. The number of benzene rings is 2. The lowest BCUT2D eigenvalue weighted by atomic mass is 10.1. The van der Waals surface area contributed by atoms with E-state index in [0.717, 1.165) is 0 Å². The topological polar surface area (TPSA) is 89.6 Å². The molecule has 5 nitrogen and oxygen atoms in total. The molecule has 0 fully saturated rings. The van der Waals surface area contributed by atoms with Gasteiger partial charge in [-0.25, -0.2) is 4.79 Å². The van der Waals surface area contributed by atoms with Gasteiger partial charge in [-0.15, -0.1) is 0 Å². The normalized spacial score (nSPS) is 10.0. The van der Waals surface area contributed by atoms with Gasteiger partial charge in [0.05, 0.1) is 17.7 Å². The highest BCUT2D eigenvalue weighted by atomic mass is 16.5. The van der Waals surface area contributed by atoms with E-state index < -0.39 is 11.9 Å². The molecule has 0 radical (unpaired) electrons. The van der Waals surface area contributed by atoms with Gasteiger partial charge in [-0.3, -0.25) is 4.79 Å². The van der Waals surface area contributed by atoms with Crippen molar-refractivity contribution < 1.29 is 19.4 Å². The van der Waals surface area contributed by atoms with Gasteiger partial charge >= 0.3 is 11.9 Å². The minimum Gasteiger partial charge on any atom is -0.481 e. The molecule has 20 heavy (non-hydrogen) atoms. The van der Waals surface area contributed by atoms with Crippen LogP contribution in [-0.2, 0) is 11.2 Å². The number of para-hydroxylation sites is 1. The Balaban J connectivity index is 2.22. The van der Waals surface area contributed by atoms with Crippen LogP contribution in [0.4, 0.5) is 5.69 Å². The highest BCUT2D eigenvalue weighted by Crippen LogP contribution is 2.26. The fourth-order valence-electron chi connectivity index (χ4n) is 1.73. The van der Waals surface area contributed by atoms with Crippen LogP contribution in [0.1, 0.15) is 15.9 Å². The van der Waals surface area contributed by atoms with Crippen molar-refractivity contribution >= 4 is 17.6 Å². The summed E-state index contributed by atoms with van der Waals surface area (Å²) >= 11 is 0. The van der Waals surface area contributed by atoms with E-state index in [1.165, 1.54) is 6.07 Å². The second-order valence-electron chi connectivity index (χ2n) is 4.16. The minimum absolute atomic E-state index is 0.164. The number of carbonyl (C=O) groups is 2. The predicted octanol–water partition coefficient (Wildman–Crippen LogP) is 2.12. The maximum Gasteiger partial charge on any atom is 0.343 e. The third-order valence-electron chi connectivity index (χ3n) is 2.71. The Kier molecular flexibility index (Phi) is 4.00. The van der Waals surface area contributed by atoms with Crippen molar-refractivity contribution in [3.05, 3.63) is 59.7 Å². The third kappa shape index (κ3) is 3.14. The van der Waals surface area contributed by atoms with E-state index in [4.69, 9.17) is 15.6 Å². The summed E-state index contributed by atoms with van der Waals surface area (Å²) in [6, 6.07) is 13.2. The number of carboxylic acids is 1. The molecule has 0 spiro atoms. The largest absolute Gasteiger partial charge is 0.481 e. The highest BCUT2D eigenvalue weighted by Gasteiger charge is 2.13. The summed E-state index contributed by atoms with van der Waals surface area (Å²) in [5.41, 5.74) is 6.79. The van der Waals surface area contributed by atoms with Crippen LogP contribution in [0.5, 0.6) is 5.75 Å². The molecule has 0 saturated carbocycles. The zero-order chi connectivity index (χ0) is 14.5. The summed E-state index contributed by atoms with van der Waals surface area (Å²) in [7, 11) is 0. The molecule has 5 heteroatoms. The number of ether oxygens (including phenoxy) is 1. The predicted molar refractivity (Wildman–Crippen MR) is 73.6 cm³/mol. The van der Waals surface area contributed by atoms with Gasteiger partial charge in [-0.1, -0.05) is 30.3 Å². The Morgan fingerprint density at radius 1 is 1.05 bits per heavy atom. The molecule has 0 aliphatic carbocycles. The molecule has 0 unspecified atom stereocenters.